The van der Waals surface area contributed by atoms with Gasteiger partial charge in [0.25, 0.3) is 0 Å². The van der Waals surface area contributed by atoms with E-state index in [1.165, 1.54) is 19.3 Å². The minimum atomic E-state index is -0.320. The highest BCUT2D eigenvalue weighted by molar-refractivity contribution is 5.97. The molecule has 1 saturated heterocycles. The summed E-state index contributed by atoms with van der Waals surface area (Å²) >= 11 is 0. The van der Waals surface area contributed by atoms with Crippen LogP contribution in [-0.2, 0) is 4.79 Å². The Morgan fingerprint density at radius 2 is 1.61 bits per heavy atom. The molecule has 2 unspecified atom stereocenters. The molecule has 6 nitrogen and oxygen atoms in total. The molecule has 4 saturated carbocycles. The molecule has 0 aromatic rings. The number of rotatable bonds is 3. The Morgan fingerprint density at radius 1 is 1.07 bits per heavy atom. The first kappa shape index (κ1) is 21.8. The van der Waals surface area contributed by atoms with E-state index in [0.29, 0.717) is 0 Å². The minimum absolute atomic E-state index is 0. The molecule has 5 rings (SSSR count). The van der Waals surface area contributed by atoms with Crippen molar-refractivity contribution >= 4 is 24.3 Å². The van der Waals surface area contributed by atoms with Gasteiger partial charge in [0, 0.05) is 24.7 Å². The first-order valence-electron chi connectivity index (χ1n) is 10.8. The number of urea groups is 1. The fourth-order valence-corrected chi connectivity index (χ4v) is 6.66. The molecule has 4 N–H and O–H groups in total. The average molecular weight is 413 g/mol. The number of halogens is 1. The number of hydrogen-bond donors (Lipinski definition) is 3. The zero-order chi connectivity index (χ0) is 19.4. The van der Waals surface area contributed by atoms with Crippen LogP contribution in [-0.4, -0.2) is 47.6 Å². The topological polar surface area (TPSA) is 87.5 Å². The van der Waals surface area contributed by atoms with Gasteiger partial charge in [-0.2, -0.15) is 0 Å². The van der Waals surface area contributed by atoms with Crippen molar-refractivity contribution in [1.82, 2.24) is 15.5 Å². The van der Waals surface area contributed by atoms with Crippen LogP contribution in [0.3, 0.4) is 0 Å². The van der Waals surface area contributed by atoms with Gasteiger partial charge in [0.2, 0.25) is 5.91 Å². The van der Waals surface area contributed by atoms with E-state index in [1.54, 1.807) is 0 Å². The summed E-state index contributed by atoms with van der Waals surface area (Å²) in [5.74, 6) is 2.10. The highest BCUT2D eigenvalue weighted by atomic mass is 35.5. The predicted molar refractivity (Wildman–Crippen MR) is 112 cm³/mol. The Morgan fingerprint density at radius 3 is 2.11 bits per heavy atom. The zero-order valence-electron chi connectivity index (χ0n) is 17.5. The van der Waals surface area contributed by atoms with Crippen LogP contribution in [0.5, 0.6) is 0 Å². The fourth-order valence-electron chi connectivity index (χ4n) is 6.66. The number of piperidine rings is 1. The van der Waals surface area contributed by atoms with Gasteiger partial charge in [-0.3, -0.25) is 15.0 Å². The molecule has 4 bridgehead atoms. The molecule has 1 aliphatic heterocycles. The number of amides is 3. The van der Waals surface area contributed by atoms with E-state index in [4.69, 9.17) is 5.73 Å². The second kappa shape index (κ2) is 7.77. The van der Waals surface area contributed by atoms with Gasteiger partial charge in [0.05, 0.1) is 6.04 Å². The summed E-state index contributed by atoms with van der Waals surface area (Å²) in [6, 6.07) is -0.468. The Kier molecular flexibility index (Phi) is 6.06. The maximum Gasteiger partial charge on any atom is 0.321 e. The van der Waals surface area contributed by atoms with Gasteiger partial charge in [-0.1, -0.05) is 13.8 Å². The van der Waals surface area contributed by atoms with Gasteiger partial charge in [-0.05, 0) is 75.0 Å². The van der Waals surface area contributed by atoms with Crippen molar-refractivity contribution in [1.29, 1.82) is 0 Å². The van der Waals surface area contributed by atoms with Gasteiger partial charge in [-0.25, -0.2) is 4.79 Å². The summed E-state index contributed by atoms with van der Waals surface area (Å²) in [7, 11) is 0. The summed E-state index contributed by atoms with van der Waals surface area (Å²) in [6.45, 7) is 7.76. The van der Waals surface area contributed by atoms with Crippen LogP contribution in [0.1, 0.15) is 65.7 Å². The Hall–Kier alpha value is -0.850. The second-order valence-electron chi connectivity index (χ2n) is 10.7. The molecule has 0 aromatic carbocycles. The lowest BCUT2D eigenvalue weighted by atomic mass is 9.53. The lowest BCUT2D eigenvalue weighted by molar-refractivity contribution is -0.126. The van der Waals surface area contributed by atoms with Gasteiger partial charge >= 0.3 is 6.03 Å². The van der Waals surface area contributed by atoms with Crippen LogP contribution in [0, 0.1) is 23.2 Å². The lowest BCUT2D eigenvalue weighted by Crippen LogP contribution is -2.63. The van der Waals surface area contributed by atoms with Crippen LogP contribution in [0.15, 0.2) is 0 Å². The van der Waals surface area contributed by atoms with Crippen molar-refractivity contribution in [3.8, 4) is 0 Å². The highest BCUT2D eigenvalue weighted by Gasteiger charge is 2.51. The van der Waals surface area contributed by atoms with Crippen LogP contribution in [0.2, 0.25) is 0 Å². The molecule has 160 valence electrons. The Bertz CT molecular complexity index is 588. The molecule has 28 heavy (non-hydrogen) atoms. The Labute approximate surface area is 175 Å². The summed E-state index contributed by atoms with van der Waals surface area (Å²) in [5.41, 5.74) is 6.12. The molecule has 0 spiro atoms. The van der Waals surface area contributed by atoms with Gasteiger partial charge in [0.1, 0.15) is 0 Å². The van der Waals surface area contributed by atoms with Crippen molar-refractivity contribution in [2.24, 2.45) is 28.9 Å². The third-order valence-electron chi connectivity index (χ3n) is 7.92. The van der Waals surface area contributed by atoms with E-state index in [9.17, 15) is 9.59 Å². The van der Waals surface area contributed by atoms with Crippen LogP contribution < -0.4 is 16.4 Å². The number of nitrogens with zero attached hydrogens (tertiary/aromatic N) is 1. The molecule has 0 radical (unpaired) electrons. The van der Waals surface area contributed by atoms with Crippen LogP contribution >= 0.6 is 12.4 Å². The van der Waals surface area contributed by atoms with Crippen molar-refractivity contribution in [3.63, 3.8) is 0 Å². The first-order valence-corrected chi connectivity index (χ1v) is 10.8. The molecule has 5 fully saturated rings. The van der Waals surface area contributed by atoms with E-state index >= 15 is 0 Å². The predicted octanol–water partition coefficient (Wildman–Crippen LogP) is 2.65. The van der Waals surface area contributed by atoms with Crippen molar-refractivity contribution < 1.29 is 9.59 Å². The van der Waals surface area contributed by atoms with Gasteiger partial charge < -0.3 is 11.1 Å². The second-order valence-corrected chi connectivity index (χ2v) is 10.7. The monoisotopic (exact) mass is 412 g/mol. The van der Waals surface area contributed by atoms with E-state index < -0.39 is 0 Å². The third kappa shape index (κ3) is 4.19. The molecular formula is C21H37ClN4O2. The SMILES string of the molecule is CC(C(=O)NC(=O)NC12CC3CC(CC(C3)C1)C2)N1CCC(N)C(C)(C)C1.Cl. The standard InChI is InChI=1S/C21H36N4O2.ClH/c1-13(25-5-4-17(22)20(2,3)12-25)18(26)23-19(27)24-21-9-14-6-15(10-21)8-16(7-14)11-21;/h13-17H,4-12,22H2,1-3H3,(H2,23,24,26,27);1H. The van der Waals surface area contributed by atoms with Crippen molar-refractivity contribution in [2.75, 3.05) is 13.1 Å². The van der Waals surface area contributed by atoms with Crippen LogP contribution in [0.25, 0.3) is 0 Å². The maximum atomic E-state index is 12.7. The quantitative estimate of drug-likeness (QED) is 0.664. The minimum Gasteiger partial charge on any atom is -0.332 e. The first-order chi connectivity index (χ1) is 12.7. The number of carbonyl (C=O) groups excluding carboxylic acids is 2. The van der Waals surface area contributed by atoms with E-state index in [0.717, 1.165) is 56.5 Å². The van der Waals surface area contributed by atoms with E-state index in [2.05, 4.69) is 29.4 Å². The number of imide groups is 1. The number of nitrogens with two attached hydrogens (primary N) is 1. The molecule has 0 aromatic heterocycles. The summed E-state index contributed by atoms with van der Waals surface area (Å²) in [5, 5.41) is 5.86. The summed E-state index contributed by atoms with van der Waals surface area (Å²) < 4.78 is 0. The van der Waals surface area contributed by atoms with Gasteiger partial charge in [-0.15, -0.1) is 12.4 Å². The van der Waals surface area contributed by atoms with Crippen molar-refractivity contribution in [2.45, 2.75) is 83.3 Å². The molecule has 1 heterocycles. The number of carbonyl (C=O) groups is 2. The average Bonchev–Trinajstić information content (AvgIpc) is 2.54. The zero-order valence-corrected chi connectivity index (χ0v) is 18.3. The maximum absolute atomic E-state index is 12.7. The normalized spacial score (nSPS) is 39.7. The van der Waals surface area contributed by atoms with Crippen molar-refractivity contribution in [3.05, 3.63) is 0 Å². The molecule has 7 heteroatoms. The molecule has 5 aliphatic rings. The summed E-state index contributed by atoms with van der Waals surface area (Å²) in [4.78, 5) is 27.5. The number of likely N-dealkylation sites (tertiary alicyclic amines) is 1. The van der Waals surface area contributed by atoms with Gasteiger partial charge in [0.15, 0.2) is 0 Å². The van der Waals surface area contributed by atoms with E-state index in [-0.39, 0.29) is 47.4 Å². The Balaban J connectivity index is 0.00000225. The largest absolute Gasteiger partial charge is 0.332 e. The molecular weight excluding hydrogens is 376 g/mol. The molecule has 3 amide bonds. The molecule has 4 aliphatic carbocycles. The highest BCUT2D eigenvalue weighted by Crippen LogP contribution is 2.55. The third-order valence-corrected chi connectivity index (χ3v) is 7.92. The smallest absolute Gasteiger partial charge is 0.321 e. The number of nitrogens with one attached hydrogen (secondary N) is 2. The van der Waals surface area contributed by atoms with Crippen LogP contribution in [0.4, 0.5) is 4.79 Å². The van der Waals surface area contributed by atoms with E-state index in [1.807, 2.05) is 6.92 Å². The number of hydrogen-bond acceptors (Lipinski definition) is 4. The fraction of sp³-hybridized carbons (Fsp3) is 0.905. The molecule has 2 atom stereocenters. The summed E-state index contributed by atoms with van der Waals surface area (Å²) in [6.07, 6.45) is 8.17. The lowest BCUT2D eigenvalue weighted by Gasteiger charge is -2.56.